The number of aryl methyl sites for hydroxylation is 1. The Balaban J connectivity index is 0.943. The largest absolute Gasteiger partial charge is 0.444 e. The second-order valence-electron chi connectivity index (χ2n) is 16.1. The highest BCUT2D eigenvalue weighted by atomic mass is 16.6. The van der Waals surface area contributed by atoms with E-state index in [0.29, 0.717) is 32.5 Å². The molecule has 4 bridgehead atoms. The fraction of sp³-hybridized carbons (Fsp3) is 0.667. The molecule has 1 aromatic heterocycles. The minimum atomic E-state index is -0.557. The molecule has 2 aliphatic heterocycles. The van der Waals surface area contributed by atoms with Crippen molar-refractivity contribution in [3.05, 3.63) is 29.8 Å². The smallest absolute Gasteiger partial charge is 0.407 e. The van der Waals surface area contributed by atoms with Crippen molar-refractivity contribution in [2.45, 2.75) is 103 Å². The van der Waals surface area contributed by atoms with Crippen LogP contribution in [0.2, 0.25) is 0 Å². The summed E-state index contributed by atoms with van der Waals surface area (Å²) in [6.07, 6.45) is 9.56. The highest BCUT2D eigenvalue weighted by Gasteiger charge is 2.51. The van der Waals surface area contributed by atoms with Crippen LogP contribution in [0.1, 0.15) is 84.1 Å². The van der Waals surface area contributed by atoms with E-state index in [-0.39, 0.29) is 29.4 Å². The first-order valence-corrected chi connectivity index (χ1v) is 17.4. The Hall–Kier alpha value is -3.56. The predicted octanol–water partition coefficient (Wildman–Crippen LogP) is 5.98. The van der Waals surface area contributed by atoms with Crippen LogP contribution in [-0.4, -0.2) is 71.8 Å². The molecule has 4 aliphatic carbocycles. The molecule has 248 valence electrons. The Morgan fingerprint density at radius 3 is 2.28 bits per heavy atom. The number of ether oxygens (including phenoxy) is 1. The number of urea groups is 1. The molecule has 10 heteroatoms. The number of nitrogens with zero attached hydrogens (tertiary/aromatic N) is 3. The lowest BCUT2D eigenvalue weighted by Crippen LogP contribution is -2.47. The number of amides is 4. The number of anilines is 2. The van der Waals surface area contributed by atoms with Crippen LogP contribution in [0, 0.1) is 30.1 Å². The van der Waals surface area contributed by atoms with Crippen molar-refractivity contribution in [1.82, 2.24) is 20.5 Å². The van der Waals surface area contributed by atoms with Crippen molar-refractivity contribution >= 4 is 40.4 Å². The Kier molecular flexibility index (Phi) is 8.04. The zero-order valence-electron chi connectivity index (χ0n) is 27.9. The van der Waals surface area contributed by atoms with Crippen LogP contribution in [0.15, 0.2) is 24.3 Å². The van der Waals surface area contributed by atoms with Crippen molar-refractivity contribution in [2.24, 2.45) is 23.2 Å². The summed E-state index contributed by atoms with van der Waals surface area (Å²) >= 11 is 0. The van der Waals surface area contributed by atoms with Gasteiger partial charge in [-0.1, -0.05) is 6.07 Å². The summed E-state index contributed by atoms with van der Waals surface area (Å²) in [4.78, 5) is 47.7. The normalized spacial score (nSPS) is 30.1. The van der Waals surface area contributed by atoms with E-state index in [1.165, 1.54) is 38.5 Å². The summed E-state index contributed by atoms with van der Waals surface area (Å²) in [6.45, 7) is 10.1. The van der Waals surface area contributed by atoms with E-state index in [1.807, 2.05) is 39.0 Å². The van der Waals surface area contributed by atoms with Crippen molar-refractivity contribution < 1.29 is 19.1 Å². The molecule has 3 heterocycles. The van der Waals surface area contributed by atoms with Gasteiger partial charge in [0.2, 0.25) is 5.91 Å². The van der Waals surface area contributed by atoms with E-state index < -0.39 is 11.7 Å². The van der Waals surface area contributed by atoms with E-state index in [4.69, 9.17) is 9.72 Å². The van der Waals surface area contributed by atoms with Gasteiger partial charge in [-0.15, -0.1) is 0 Å². The molecule has 0 unspecified atom stereocenters. The van der Waals surface area contributed by atoms with E-state index in [9.17, 15) is 14.4 Å². The van der Waals surface area contributed by atoms with Crippen LogP contribution in [0.4, 0.5) is 21.1 Å². The predicted molar refractivity (Wildman–Crippen MR) is 179 cm³/mol. The number of benzene rings is 1. The van der Waals surface area contributed by atoms with Crippen LogP contribution in [-0.2, 0) is 9.53 Å². The second-order valence-corrected chi connectivity index (χ2v) is 16.1. The van der Waals surface area contributed by atoms with E-state index in [1.54, 1.807) is 4.90 Å². The fourth-order valence-corrected chi connectivity index (χ4v) is 9.56. The molecular formula is C36H50N6O4. The standard InChI is InChI=1S/C36H50N6O4/c1-22-5-7-29-28(32(22)40-31(43)19-36-16-23-13-24(17-36)15-25(14-23)18-36)6-8-30(39-29)41-11-9-26(20-41)37-33(44)42-12-10-27(21-42)38-34(45)46-35(2,3)4/h5-8,23-27H,9-21H2,1-4H3,(H,37,44)(H,38,45)(H,40,43)/t23?,24?,25?,26-,27-,36?/m0/s1. The van der Waals surface area contributed by atoms with Crippen LogP contribution in [0.3, 0.4) is 0 Å². The van der Waals surface area contributed by atoms with Gasteiger partial charge < -0.3 is 30.5 Å². The lowest BCUT2D eigenvalue weighted by Gasteiger charge is -2.56. The van der Waals surface area contributed by atoms with E-state index >= 15 is 0 Å². The zero-order chi connectivity index (χ0) is 32.2. The monoisotopic (exact) mass is 630 g/mol. The summed E-state index contributed by atoms with van der Waals surface area (Å²) in [6, 6.07) is 8.00. The van der Waals surface area contributed by atoms with Crippen LogP contribution in [0.25, 0.3) is 10.9 Å². The summed E-state index contributed by atoms with van der Waals surface area (Å²) in [7, 11) is 0. The van der Waals surface area contributed by atoms with Gasteiger partial charge in [-0.2, -0.15) is 0 Å². The van der Waals surface area contributed by atoms with Crippen LogP contribution in [0.5, 0.6) is 0 Å². The number of hydrogen-bond donors (Lipinski definition) is 3. The molecule has 8 rings (SSSR count). The zero-order valence-corrected chi connectivity index (χ0v) is 27.9. The van der Waals surface area contributed by atoms with Gasteiger partial charge in [0.1, 0.15) is 11.4 Å². The molecule has 3 N–H and O–H groups in total. The van der Waals surface area contributed by atoms with Gasteiger partial charge in [0.15, 0.2) is 0 Å². The van der Waals surface area contributed by atoms with Gasteiger partial charge >= 0.3 is 12.1 Å². The third-order valence-electron chi connectivity index (χ3n) is 11.1. The topological polar surface area (TPSA) is 116 Å². The number of fused-ring (bicyclic) bond motifs is 1. The minimum absolute atomic E-state index is 0.0142. The fourth-order valence-electron chi connectivity index (χ4n) is 9.56. The summed E-state index contributed by atoms with van der Waals surface area (Å²) in [5, 5.41) is 10.4. The van der Waals surface area contributed by atoms with Gasteiger partial charge in [-0.3, -0.25) is 4.79 Å². The average molecular weight is 631 g/mol. The molecule has 0 radical (unpaired) electrons. The maximum atomic E-state index is 13.5. The molecule has 2 aromatic rings. The van der Waals surface area contributed by atoms with Gasteiger partial charge in [0.05, 0.1) is 17.2 Å². The van der Waals surface area contributed by atoms with Crippen molar-refractivity contribution in [2.75, 3.05) is 36.4 Å². The lowest BCUT2D eigenvalue weighted by molar-refractivity contribution is -0.124. The van der Waals surface area contributed by atoms with Crippen LogP contribution < -0.4 is 20.9 Å². The number of likely N-dealkylation sites (tertiary alicyclic amines) is 1. The number of carbonyl (C=O) groups is 3. The highest BCUT2D eigenvalue weighted by molar-refractivity contribution is 6.03. The number of rotatable bonds is 6. The number of aromatic nitrogens is 1. The van der Waals surface area contributed by atoms with Gasteiger partial charge in [0.25, 0.3) is 0 Å². The molecule has 46 heavy (non-hydrogen) atoms. The Morgan fingerprint density at radius 2 is 1.59 bits per heavy atom. The summed E-state index contributed by atoms with van der Waals surface area (Å²) < 4.78 is 5.36. The first-order valence-electron chi connectivity index (χ1n) is 17.4. The lowest BCUT2D eigenvalue weighted by atomic mass is 9.49. The van der Waals surface area contributed by atoms with Crippen molar-refractivity contribution in [3.8, 4) is 0 Å². The number of carbonyl (C=O) groups excluding carboxylic acids is 3. The minimum Gasteiger partial charge on any atom is -0.444 e. The van der Waals surface area contributed by atoms with Gasteiger partial charge in [-0.05, 0) is 126 Å². The number of hydrogen-bond acceptors (Lipinski definition) is 6. The first-order chi connectivity index (χ1) is 21.9. The van der Waals surface area contributed by atoms with Gasteiger partial charge in [-0.25, -0.2) is 14.6 Å². The molecule has 4 saturated carbocycles. The quantitative estimate of drug-likeness (QED) is 0.362. The Labute approximate surface area is 272 Å². The molecule has 1 aromatic carbocycles. The Bertz CT molecular complexity index is 1480. The molecule has 10 nitrogen and oxygen atoms in total. The highest BCUT2D eigenvalue weighted by Crippen LogP contribution is 2.61. The van der Waals surface area contributed by atoms with E-state index in [0.717, 1.165) is 58.7 Å². The molecule has 6 fully saturated rings. The third kappa shape index (κ3) is 6.63. The third-order valence-corrected chi connectivity index (χ3v) is 11.1. The molecular weight excluding hydrogens is 580 g/mol. The first kappa shape index (κ1) is 31.1. The van der Waals surface area contributed by atoms with Crippen LogP contribution >= 0.6 is 0 Å². The summed E-state index contributed by atoms with van der Waals surface area (Å²) in [5.41, 5.74) is 2.44. The number of nitrogens with one attached hydrogen (secondary N) is 3. The molecule has 2 saturated heterocycles. The number of alkyl carbamates (subject to hydrolysis) is 1. The maximum Gasteiger partial charge on any atom is 0.407 e. The van der Waals surface area contributed by atoms with Crippen molar-refractivity contribution in [3.63, 3.8) is 0 Å². The Morgan fingerprint density at radius 1 is 0.913 bits per heavy atom. The second kappa shape index (κ2) is 11.9. The molecule has 2 atom stereocenters. The van der Waals surface area contributed by atoms with Gasteiger partial charge in [0, 0.05) is 44.0 Å². The number of pyridine rings is 1. The molecule has 4 amide bonds. The SMILES string of the molecule is Cc1ccc2nc(N3CC[C@H](NC(=O)N4CC[C@H](NC(=O)OC(C)(C)C)C4)C3)ccc2c1NC(=O)CC12CC3CC(CC(C3)C1)C2. The molecule has 0 spiro atoms. The average Bonchev–Trinajstić information content (AvgIpc) is 3.62. The van der Waals surface area contributed by atoms with Crippen molar-refractivity contribution in [1.29, 1.82) is 0 Å². The maximum absolute atomic E-state index is 13.5. The van der Waals surface area contributed by atoms with E-state index in [2.05, 4.69) is 33.8 Å². The molecule has 6 aliphatic rings. The summed E-state index contributed by atoms with van der Waals surface area (Å²) in [5.74, 6) is 3.52.